The minimum absolute atomic E-state index is 0.112. The molecule has 0 saturated carbocycles. The Morgan fingerprint density at radius 3 is 3.15 bits per heavy atom. The van der Waals surface area contributed by atoms with Crippen LogP contribution in [0.5, 0.6) is 0 Å². The molecule has 1 aliphatic heterocycles. The number of ether oxygens (including phenoxy) is 2. The minimum Gasteiger partial charge on any atom is -0.384 e. The predicted molar refractivity (Wildman–Crippen MR) is 75.9 cm³/mol. The van der Waals surface area contributed by atoms with Crippen molar-refractivity contribution in [3.8, 4) is 0 Å². The third-order valence-corrected chi connectivity index (χ3v) is 3.73. The molecule has 1 aliphatic rings. The van der Waals surface area contributed by atoms with Gasteiger partial charge in [-0.1, -0.05) is 11.6 Å². The molecule has 1 fully saturated rings. The maximum absolute atomic E-state index is 10.8. The van der Waals surface area contributed by atoms with Crippen LogP contribution in [0.25, 0.3) is 0 Å². The van der Waals surface area contributed by atoms with Crippen molar-refractivity contribution in [3.05, 3.63) is 16.9 Å². The molecular formula is C13H22ClN3O3. The number of halogens is 1. The number of nitrogens with one attached hydrogen (secondary N) is 1. The van der Waals surface area contributed by atoms with Crippen molar-refractivity contribution in [3.63, 3.8) is 0 Å². The van der Waals surface area contributed by atoms with E-state index in [-0.39, 0.29) is 6.04 Å². The van der Waals surface area contributed by atoms with E-state index in [9.17, 15) is 5.11 Å². The maximum Gasteiger partial charge on any atom is 0.106 e. The van der Waals surface area contributed by atoms with Crippen molar-refractivity contribution in [1.82, 2.24) is 15.1 Å². The van der Waals surface area contributed by atoms with Gasteiger partial charge in [0.2, 0.25) is 0 Å². The van der Waals surface area contributed by atoms with Gasteiger partial charge >= 0.3 is 0 Å². The summed E-state index contributed by atoms with van der Waals surface area (Å²) in [4.78, 5) is 0. The summed E-state index contributed by atoms with van der Waals surface area (Å²) in [5.41, 5.74) is -0.441. The van der Waals surface area contributed by atoms with Gasteiger partial charge < -0.3 is 19.9 Å². The Hall–Kier alpha value is -0.660. The number of rotatable bonds is 6. The van der Waals surface area contributed by atoms with Crippen molar-refractivity contribution in [2.75, 3.05) is 33.5 Å². The van der Waals surface area contributed by atoms with Gasteiger partial charge in [0.1, 0.15) is 5.60 Å². The Labute approximate surface area is 124 Å². The summed E-state index contributed by atoms with van der Waals surface area (Å²) in [7, 11) is 1.63. The fraction of sp³-hybridized carbons (Fsp3) is 0.769. The minimum atomic E-state index is -1.07. The van der Waals surface area contributed by atoms with E-state index >= 15 is 0 Å². The molecule has 0 aromatic carbocycles. The molecule has 6 nitrogen and oxygen atoms in total. The van der Waals surface area contributed by atoms with E-state index in [0.29, 0.717) is 43.5 Å². The number of morpholine rings is 1. The number of methoxy groups -OCH3 is 1. The van der Waals surface area contributed by atoms with Crippen LogP contribution >= 0.6 is 11.6 Å². The van der Waals surface area contributed by atoms with Gasteiger partial charge in [-0.05, 0) is 13.3 Å². The lowest BCUT2D eigenvalue weighted by atomic mass is 9.93. The van der Waals surface area contributed by atoms with Crippen LogP contribution in [0, 0.1) is 0 Å². The van der Waals surface area contributed by atoms with Gasteiger partial charge in [-0.3, -0.25) is 4.68 Å². The normalized spacial score (nSPS) is 22.7. The molecule has 0 radical (unpaired) electrons. The Balaban J connectivity index is 2.12. The zero-order chi connectivity index (χ0) is 14.6. The van der Waals surface area contributed by atoms with Crippen molar-refractivity contribution >= 4 is 11.6 Å². The Bertz CT molecular complexity index is 430. The van der Waals surface area contributed by atoms with E-state index in [2.05, 4.69) is 10.4 Å². The number of hydrogen-bond acceptors (Lipinski definition) is 5. The molecule has 2 unspecified atom stereocenters. The third kappa shape index (κ3) is 3.71. The fourth-order valence-electron chi connectivity index (χ4n) is 2.57. The number of aliphatic hydroxyl groups is 1. The molecule has 0 spiro atoms. The van der Waals surface area contributed by atoms with Gasteiger partial charge in [-0.25, -0.2) is 0 Å². The van der Waals surface area contributed by atoms with E-state index in [1.54, 1.807) is 24.9 Å². The lowest BCUT2D eigenvalue weighted by molar-refractivity contribution is -0.00298. The second kappa shape index (κ2) is 6.87. The number of aromatic nitrogens is 2. The Morgan fingerprint density at radius 1 is 1.70 bits per heavy atom. The molecule has 20 heavy (non-hydrogen) atoms. The summed E-state index contributed by atoms with van der Waals surface area (Å²) in [5.74, 6) is 0. The van der Waals surface area contributed by atoms with Crippen molar-refractivity contribution in [2.45, 2.75) is 31.5 Å². The highest BCUT2D eigenvalue weighted by atomic mass is 35.5. The summed E-state index contributed by atoms with van der Waals surface area (Å²) < 4.78 is 12.2. The first-order valence-corrected chi connectivity index (χ1v) is 7.16. The molecule has 0 aliphatic carbocycles. The van der Waals surface area contributed by atoms with Crippen LogP contribution in [0.4, 0.5) is 0 Å². The van der Waals surface area contributed by atoms with Crippen LogP contribution in [0.1, 0.15) is 19.0 Å². The highest BCUT2D eigenvalue weighted by molar-refractivity contribution is 6.31. The van der Waals surface area contributed by atoms with Crippen LogP contribution in [0.15, 0.2) is 6.20 Å². The van der Waals surface area contributed by atoms with Crippen LogP contribution in [-0.4, -0.2) is 54.4 Å². The topological polar surface area (TPSA) is 68.5 Å². The molecule has 1 aromatic heterocycles. The molecular weight excluding hydrogens is 282 g/mol. The highest BCUT2D eigenvalue weighted by Gasteiger charge is 2.33. The van der Waals surface area contributed by atoms with Gasteiger partial charge in [-0.15, -0.1) is 0 Å². The van der Waals surface area contributed by atoms with Crippen LogP contribution in [0.2, 0.25) is 5.02 Å². The standard InChI is InChI=1S/C13H22ClN3O3/c1-13(18,7-10-9-20-5-3-15-10)12-11(14)8-16-17(12)4-6-19-2/h8,10,15,18H,3-7,9H2,1-2H3. The van der Waals surface area contributed by atoms with Gasteiger partial charge in [0.15, 0.2) is 0 Å². The summed E-state index contributed by atoms with van der Waals surface area (Å²) in [6.07, 6.45) is 2.08. The first kappa shape index (κ1) is 15.7. The third-order valence-electron chi connectivity index (χ3n) is 3.45. The summed E-state index contributed by atoms with van der Waals surface area (Å²) in [5, 5.41) is 18.8. The van der Waals surface area contributed by atoms with Gasteiger partial charge in [0.05, 0.1) is 43.3 Å². The zero-order valence-corrected chi connectivity index (χ0v) is 12.7. The van der Waals surface area contributed by atoms with Crippen LogP contribution < -0.4 is 5.32 Å². The van der Waals surface area contributed by atoms with Crippen LogP contribution in [-0.2, 0) is 21.6 Å². The molecule has 0 bridgehead atoms. The van der Waals surface area contributed by atoms with E-state index in [4.69, 9.17) is 21.1 Å². The molecule has 2 rings (SSSR count). The van der Waals surface area contributed by atoms with Gasteiger partial charge in [0.25, 0.3) is 0 Å². The van der Waals surface area contributed by atoms with Crippen molar-refractivity contribution < 1.29 is 14.6 Å². The van der Waals surface area contributed by atoms with E-state index < -0.39 is 5.60 Å². The number of hydrogen-bond donors (Lipinski definition) is 2. The molecule has 1 aromatic rings. The summed E-state index contributed by atoms with van der Waals surface area (Å²) in [6, 6.07) is 0.112. The first-order chi connectivity index (χ1) is 9.54. The maximum atomic E-state index is 10.8. The Kier molecular flexibility index (Phi) is 5.40. The molecule has 0 amide bonds. The summed E-state index contributed by atoms with van der Waals surface area (Å²) >= 11 is 6.19. The number of nitrogens with zero attached hydrogens (tertiary/aromatic N) is 2. The molecule has 114 valence electrons. The Morgan fingerprint density at radius 2 is 2.50 bits per heavy atom. The molecule has 2 N–H and O–H groups in total. The van der Waals surface area contributed by atoms with Crippen molar-refractivity contribution in [1.29, 1.82) is 0 Å². The van der Waals surface area contributed by atoms with E-state index in [0.717, 1.165) is 6.54 Å². The average Bonchev–Trinajstić information content (AvgIpc) is 2.79. The largest absolute Gasteiger partial charge is 0.384 e. The second-order valence-corrected chi connectivity index (χ2v) is 5.67. The molecule has 2 atom stereocenters. The lowest BCUT2D eigenvalue weighted by Gasteiger charge is -2.32. The SMILES string of the molecule is COCCn1ncc(Cl)c1C(C)(O)CC1COCCN1. The monoisotopic (exact) mass is 303 g/mol. The molecule has 2 heterocycles. The second-order valence-electron chi connectivity index (χ2n) is 5.26. The summed E-state index contributed by atoms with van der Waals surface area (Å²) in [6.45, 7) is 4.95. The average molecular weight is 304 g/mol. The van der Waals surface area contributed by atoms with Crippen LogP contribution in [0.3, 0.4) is 0 Å². The van der Waals surface area contributed by atoms with Gasteiger partial charge in [0, 0.05) is 19.7 Å². The van der Waals surface area contributed by atoms with E-state index in [1.807, 2.05) is 0 Å². The molecule has 7 heteroatoms. The zero-order valence-electron chi connectivity index (χ0n) is 11.9. The lowest BCUT2D eigenvalue weighted by Crippen LogP contribution is -2.45. The van der Waals surface area contributed by atoms with Gasteiger partial charge in [-0.2, -0.15) is 5.10 Å². The smallest absolute Gasteiger partial charge is 0.106 e. The van der Waals surface area contributed by atoms with E-state index in [1.165, 1.54) is 0 Å². The quantitative estimate of drug-likeness (QED) is 0.812. The van der Waals surface area contributed by atoms with Crippen molar-refractivity contribution in [2.24, 2.45) is 0 Å². The first-order valence-electron chi connectivity index (χ1n) is 6.79. The predicted octanol–water partition coefficient (Wildman–Crippen LogP) is 0.769. The highest BCUT2D eigenvalue weighted by Crippen LogP contribution is 2.32. The molecule has 1 saturated heterocycles. The fourth-order valence-corrected chi connectivity index (χ4v) is 2.92.